The highest BCUT2D eigenvalue weighted by Gasteiger charge is 2.23. The first-order chi connectivity index (χ1) is 11.1. The fourth-order valence-electron chi connectivity index (χ4n) is 2.84. The molecule has 1 aliphatic rings. The van der Waals surface area contributed by atoms with Gasteiger partial charge in [-0.1, -0.05) is 30.3 Å². The van der Waals surface area contributed by atoms with Gasteiger partial charge < -0.3 is 15.4 Å². The van der Waals surface area contributed by atoms with Crippen molar-refractivity contribution in [2.75, 3.05) is 18.4 Å². The molecule has 0 aliphatic carbocycles. The quantitative estimate of drug-likeness (QED) is 0.877. The molecule has 0 bridgehead atoms. The van der Waals surface area contributed by atoms with Crippen LogP contribution in [0, 0.1) is 19.8 Å². The maximum absolute atomic E-state index is 12.3. The Labute approximate surface area is 149 Å². The number of anilines is 1. The molecule has 2 aromatic rings. The van der Waals surface area contributed by atoms with Crippen molar-refractivity contribution >= 4 is 24.0 Å². The summed E-state index contributed by atoms with van der Waals surface area (Å²) in [5, 5.41) is 6.22. The number of halogens is 1. The monoisotopic (exact) mass is 346 g/mol. The Morgan fingerprint density at radius 1 is 1.12 bits per heavy atom. The number of nitrogens with one attached hydrogen (secondary N) is 2. The summed E-state index contributed by atoms with van der Waals surface area (Å²) in [6, 6.07) is 13.6. The molecule has 1 heterocycles. The Morgan fingerprint density at radius 2 is 1.83 bits per heavy atom. The topological polar surface area (TPSA) is 50.4 Å². The molecule has 5 heteroatoms. The van der Waals surface area contributed by atoms with Crippen LogP contribution in [0.2, 0.25) is 0 Å². The van der Waals surface area contributed by atoms with Crippen LogP contribution in [-0.2, 0) is 4.79 Å². The fourth-order valence-corrected chi connectivity index (χ4v) is 2.84. The van der Waals surface area contributed by atoms with Crippen LogP contribution in [0.4, 0.5) is 5.69 Å². The van der Waals surface area contributed by atoms with E-state index in [0.29, 0.717) is 11.4 Å². The summed E-state index contributed by atoms with van der Waals surface area (Å²) in [5.41, 5.74) is 2.87. The van der Waals surface area contributed by atoms with Gasteiger partial charge in [0, 0.05) is 6.54 Å². The van der Waals surface area contributed by atoms with E-state index in [4.69, 9.17) is 4.74 Å². The van der Waals surface area contributed by atoms with Gasteiger partial charge in [-0.3, -0.25) is 4.79 Å². The van der Waals surface area contributed by atoms with Gasteiger partial charge in [0.1, 0.15) is 5.75 Å². The zero-order chi connectivity index (χ0) is 16.2. The van der Waals surface area contributed by atoms with Gasteiger partial charge in [-0.15, -0.1) is 12.4 Å². The highest BCUT2D eigenvalue weighted by molar-refractivity contribution is 5.94. The minimum atomic E-state index is 0. The molecule has 0 spiro atoms. The SMILES string of the molecule is Cc1cccc(C)c1Oc1ccccc1NC(=O)C1CCNC1.Cl. The van der Waals surface area contributed by atoms with Crippen LogP contribution >= 0.6 is 12.4 Å². The van der Waals surface area contributed by atoms with E-state index >= 15 is 0 Å². The third-order valence-corrected chi connectivity index (χ3v) is 4.20. The van der Waals surface area contributed by atoms with Crippen LogP contribution < -0.4 is 15.4 Å². The molecule has 0 saturated carbocycles. The van der Waals surface area contributed by atoms with Crippen LogP contribution in [-0.4, -0.2) is 19.0 Å². The van der Waals surface area contributed by atoms with Crippen molar-refractivity contribution in [3.05, 3.63) is 53.6 Å². The molecule has 2 aromatic carbocycles. The van der Waals surface area contributed by atoms with E-state index in [-0.39, 0.29) is 24.2 Å². The molecule has 0 radical (unpaired) electrons. The molecule has 1 atom stereocenters. The Morgan fingerprint density at radius 3 is 2.50 bits per heavy atom. The summed E-state index contributed by atoms with van der Waals surface area (Å²) < 4.78 is 6.10. The highest BCUT2D eigenvalue weighted by Crippen LogP contribution is 2.33. The van der Waals surface area contributed by atoms with Crippen LogP contribution in [0.3, 0.4) is 0 Å². The molecule has 24 heavy (non-hydrogen) atoms. The van der Waals surface area contributed by atoms with E-state index in [1.54, 1.807) is 0 Å². The van der Waals surface area contributed by atoms with Crippen LogP contribution in [0.5, 0.6) is 11.5 Å². The van der Waals surface area contributed by atoms with Gasteiger partial charge in [0.15, 0.2) is 5.75 Å². The van der Waals surface area contributed by atoms with Crippen molar-refractivity contribution in [1.29, 1.82) is 0 Å². The largest absolute Gasteiger partial charge is 0.455 e. The van der Waals surface area contributed by atoms with Crippen molar-refractivity contribution < 1.29 is 9.53 Å². The molecule has 0 aromatic heterocycles. The van der Waals surface area contributed by atoms with Crippen molar-refractivity contribution in [1.82, 2.24) is 5.32 Å². The number of amides is 1. The standard InChI is InChI=1S/C19H22N2O2.ClH/c1-13-6-5-7-14(2)18(13)23-17-9-4-3-8-16(17)21-19(22)15-10-11-20-12-15;/h3-9,15,20H,10-12H2,1-2H3,(H,21,22);1H. The average molecular weight is 347 g/mol. The Bertz CT molecular complexity index is 692. The van der Waals surface area contributed by atoms with Crippen molar-refractivity contribution in [3.8, 4) is 11.5 Å². The lowest BCUT2D eigenvalue weighted by atomic mass is 10.1. The number of para-hydroxylation sites is 3. The smallest absolute Gasteiger partial charge is 0.228 e. The maximum atomic E-state index is 12.3. The minimum Gasteiger partial charge on any atom is -0.455 e. The predicted molar refractivity (Wildman–Crippen MR) is 99.3 cm³/mol. The van der Waals surface area contributed by atoms with E-state index in [1.807, 2.05) is 56.3 Å². The number of hydrogen-bond acceptors (Lipinski definition) is 3. The molecular formula is C19H23ClN2O2. The second-order valence-corrected chi connectivity index (χ2v) is 6.00. The van der Waals surface area contributed by atoms with Gasteiger partial charge in [0.25, 0.3) is 0 Å². The molecule has 1 aliphatic heterocycles. The summed E-state index contributed by atoms with van der Waals surface area (Å²) in [4.78, 5) is 12.3. The Balaban J connectivity index is 0.00000208. The van der Waals surface area contributed by atoms with Gasteiger partial charge >= 0.3 is 0 Å². The van der Waals surface area contributed by atoms with E-state index in [2.05, 4.69) is 10.6 Å². The lowest BCUT2D eigenvalue weighted by molar-refractivity contribution is -0.119. The zero-order valence-electron chi connectivity index (χ0n) is 14.0. The molecule has 128 valence electrons. The molecule has 1 amide bonds. The van der Waals surface area contributed by atoms with E-state index < -0.39 is 0 Å². The summed E-state index contributed by atoms with van der Waals surface area (Å²) in [7, 11) is 0. The zero-order valence-corrected chi connectivity index (χ0v) is 14.8. The van der Waals surface area contributed by atoms with Crippen molar-refractivity contribution in [2.24, 2.45) is 5.92 Å². The molecule has 4 nitrogen and oxygen atoms in total. The van der Waals surface area contributed by atoms with Crippen molar-refractivity contribution in [3.63, 3.8) is 0 Å². The van der Waals surface area contributed by atoms with Gasteiger partial charge in [-0.2, -0.15) is 0 Å². The summed E-state index contributed by atoms with van der Waals surface area (Å²) >= 11 is 0. The third kappa shape index (κ3) is 4.08. The molecule has 1 fully saturated rings. The van der Waals surface area contributed by atoms with E-state index in [1.165, 1.54) is 0 Å². The number of aryl methyl sites for hydroxylation is 2. The van der Waals surface area contributed by atoms with Crippen LogP contribution in [0.1, 0.15) is 17.5 Å². The number of ether oxygens (including phenoxy) is 1. The fraction of sp³-hybridized carbons (Fsp3) is 0.316. The second-order valence-electron chi connectivity index (χ2n) is 6.00. The summed E-state index contributed by atoms with van der Waals surface area (Å²) in [6.07, 6.45) is 0.881. The number of rotatable bonds is 4. The van der Waals surface area contributed by atoms with Crippen LogP contribution in [0.15, 0.2) is 42.5 Å². The number of hydrogen-bond donors (Lipinski definition) is 2. The first-order valence-corrected chi connectivity index (χ1v) is 8.00. The Hall–Kier alpha value is -2.04. The van der Waals surface area contributed by atoms with E-state index in [9.17, 15) is 4.79 Å². The number of carbonyl (C=O) groups excluding carboxylic acids is 1. The third-order valence-electron chi connectivity index (χ3n) is 4.20. The Kier molecular flexibility index (Phi) is 6.23. The summed E-state index contributed by atoms with van der Waals surface area (Å²) in [5.74, 6) is 1.59. The molecular weight excluding hydrogens is 324 g/mol. The second kappa shape index (κ2) is 8.18. The summed E-state index contributed by atoms with van der Waals surface area (Å²) in [6.45, 7) is 5.69. The van der Waals surface area contributed by atoms with Crippen LogP contribution in [0.25, 0.3) is 0 Å². The minimum absolute atomic E-state index is 0. The molecule has 1 saturated heterocycles. The molecule has 2 N–H and O–H groups in total. The lowest BCUT2D eigenvalue weighted by Crippen LogP contribution is -2.24. The average Bonchev–Trinajstić information content (AvgIpc) is 3.07. The first kappa shape index (κ1) is 18.3. The molecule has 3 rings (SSSR count). The maximum Gasteiger partial charge on any atom is 0.228 e. The van der Waals surface area contributed by atoms with E-state index in [0.717, 1.165) is 36.4 Å². The predicted octanol–water partition coefficient (Wildman–Crippen LogP) is 4.07. The van der Waals surface area contributed by atoms with Gasteiger partial charge in [0.05, 0.1) is 11.6 Å². The normalized spacial score (nSPS) is 16.3. The highest BCUT2D eigenvalue weighted by atomic mass is 35.5. The number of benzene rings is 2. The number of carbonyl (C=O) groups is 1. The van der Waals surface area contributed by atoms with Gasteiger partial charge in [0.2, 0.25) is 5.91 Å². The lowest BCUT2D eigenvalue weighted by Gasteiger charge is -2.16. The van der Waals surface area contributed by atoms with Crippen molar-refractivity contribution in [2.45, 2.75) is 20.3 Å². The van der Waals surface area contributed by atoms with Gasteiger partial charge in [-0.05, 0) is 50.1 Å². The van der Waals surface area contributed by atoms with Gasteiger partial charge in [-0.25, -0.2) is 0 Å². The molecule has 1 unspecified atom stereocenters. The first-order valence-electron chi connectivity index (χ1n) is 8.00.